The molecule has 0 aromatic carbocycles. The van der Waals surface area contributed by atoms with Crippen LogP contribution in [-0.2, 0) is 9.53 Å². The van der Waals surface area contributed by atoms with Gasteiger partial charge in [-0.1, -0.05) is 6.92 Å². The van der Waals surface area contributed by atoms with Gasteiger partial charge >= 0.3 is 0 Å². The van der Waals surface area contributed by atoms with Gasteiger partial charge in [-0.25, -0.2) is 0 Å². The van der Waals surface area contributed by atoms with Crippen LogP contribution in [0.1, 0.15) is 39.0 Å². The van der Waals surface area contributed by atoms with E-state index in [0.29, 0.717) is 18.3 Å². The lowest BCUT2D eigenvalue weighted by molar-refractivity contribution is -0.122. The first-order chi connectivity index (χ1) is 9.25. The molecule has 2 aliphatic heterocycles. The molecule has 2 rings (SSSR count). The minimum atomic E-state index is 0.234. The van der Waals surface area contributed by atoms with Gasteiger partial charge in [-0.05, 0) is 56.5 Å². The first kappa shape index (κ1) is 14.8. The van der Waals surface area contributed by atoms with Gasteiger partial charge < -0.3 is 15.4 Å². The van der Waals surface area contributed by atoms with Crippen molar-refractivity contribution < 1.29 is 9.53 Å². The Labute approximate surface area is 116 Å². The summed E-state index contributed by atoms with van der Waals surface area (Å²) < 4.78 is 5.33. The molecule has 0 aromatic rings. The van der Waals surface area contributed by atoms with Crippen LogP contribution in [0, 0.1) is 17.8 Å². The molecule has 2 saturated heterocycles. The number of hydrogen-bond acceptors (Lipinski definition) is 3. The van der Waals surface area contributed by atoms with Crippen LogP contribution in [0.2, 0.25) is 0 Å². The molecule has 1 atom stereocenters. The molecule has 2 N–H and O–H groups in total. The molecule has 2 aliphatic rings. The van der Waals surface area contributed by atoms with Crippen LogP contribution in [0.4, 0.5) is 0 Å². The standard InChI is InChI=1S/C15H28N2O2/c1-12(14-2-6-16-7-3-14)10-15(18)17-11-13-4-8-19-9-5-13/h12-14,16H,2-11H2,1H3,(H,17,18). The van der Waals surface area contributed by atoms with Gasteiger partial charge in [-0.2, -0.15) is 0 Å². The second kappa shape index (κ2) is 7.85. The van der Waals surface area contributed by atoms with Crippen molar-refractivity contribution in [2.45, 2.75) is 39.0 Å². The molecule has 2 heterocycles. The molecule has 0 saturated carbocycles. The Morgan fingerprint density at radius 1 is 1.26 bits per heavy atom. The second-order valence-electron chi connectivity index (χ2n) is 6.13. The predicted octanol–water partition coefficient (Wildman–Crippen LogP) is 1.55. The summed E-state index contributed by atoms with van der Waals surface area (Å²) in [7, 11) is 0. The highest BCUT2D eigenvalue weighted by atomic mass is 16.5. The van der Waals surface area contributed by atoms with Crippen molar-refractivity contribution in [3.8, 4) is 0 Å². The summed E-state index contributed by atoms with van der Waals surface area (Å²) in [5.74, 6) is 2.08. The molecular formula is C15H28N2O2. The Hall–Kier alpha value is -0.610. The second-order valence-corrected chi connectivity index (χ2v) is 6.13. The zero-order valence-corrected chi connectivity index (χ0v) is 12.1. The Morgan fingerprint density at radius 3 is 2.63 bits per heavy atom. The van der Waals surface area contributed by atoms with Crippen LogP contribution in [0.15, 0.2) is 0 Å². The molecule has 0 aromatic heterocycles. The van der Waals surface area contributed by atoms with Crippen molar-refractivity contribution in [3.05, 3.63) is 0 Å². The zero-order chi connectivity index (χ0) is 13.5. The summed E-state index contributed by atoms with van der Waals surface area (Å²) >= 11 is 0. The summed E-state index contributed by atoms with van der Waals surface area (Å²) in [6.45, 7) is 6.99. The van der Waals surface area contributed by atoms with E-state index in [4.69, 9.17) is 4.74 Å². The third-order valence-electron chi connectivity index (χ3n) is 4.62. The van der Waals surface area contributed by atoms with E-state index < -0.39 is 0 Å². The van der Waals surface area contributed by atoms with Crippen molar-refractivity contribution in [3.63, 3.8) is 0 Å². The Kier molecular flexibility index (Phi) is 6.11. The lowest BCUT2D eigenvalue weighted by Gasteiger charge is -2.28. The Balaban J connectivity index is 1.62. The molecule has 1 amide bonds. The van der Waals surface area contributed by atoms with Crippen molar-refractivity contribution in [2.75, 3.05) is 32.8 Å². The van der Waals surface area contributed by atoms with Gasteiger partial charge in [0, 0.05) is 26.2 Å². The van der Waals surface area contributed by atoms with Gasteiger partial charge in [0.05, 0.1) is 0 Å². The summed E-state index contributed by atoms with van der Waals surface area (Å²) in [5.41, 5.74) is 0. The lowest BCUT2D eigenvalue weighted by atomic mass is 9.84. The number of piperidine rings is 1. The van der Waals surface area contributed by atoms with E-state index >= 15 is 0 Å². The molecule has 0 bridgehead atoms. The van der Waals surface area contributed by atoms with Crippen molar-refractivity contribution in [1.82, 2.24) is 10.6 Å². The summed E-state index contributed by atoms with van der Waals surface area (Å²) in [6, 6.07) is 0. The molecule has 19 heavy (non-hydrogen) atoms. The largest absolute Gasteiger partial charge is 0.381 e. The molecule has 4 heteroatoms. The fourth-order valence-corrected chi connectivity index (χ4v) is 3.15. The van der Waals surface area contributed by atoms with Crippen LogP contribution in [0.5, 0.6) is 0 Å². The number of ether oxygens (including phenoxy) is 1. The Bertz CT molecular complexity index is 271. The van der Waals surface area contributed by atoms with E-state index in [0.717, 1.165) is 51.6 Å². The lowest BCUT2D eigenvalue weighted by Crippen LogP contribution is -2.35. The molecule has 0 radical (unpaired) electrons. The van der Waals surface area contributed by atoms with Crippen LogP contribution >= 0.6 is 0 Å². The van der Waals surface area contributed by atoms with E-state index in [-0.39, 0.29) is 5.91 Å². The van der Waals surface area contributed by atoms with Crippen LogP contribution in [0.3, 0.4) is 0 Å². The quantitative estimate of drug-likeness (QED) is 0.795. The highest BCUT2D eigenvalue weighted by Gasteiger charge is 2.22. The average molecular weight is 268 g/mol. The summed E-state index contributed by atoms with van der Waals surface area (Å²) in [5, 5.41) is 6.49. The van der Waals surface area contributed by atoms with Gasteiger partial charge in [-0.15, -0.1) is 0 Å². The van der Waals surface area contributed by atoms with Crippen molar-refractivity contribution in [2.24, 2.45) is 17.8 Å². The third-order valence-corrected chi connectivity index (χ3v) is 4.62. The van der Waals surface area contributed by atoms with Gasteiger partial charge in [0.25, 0.3) is 0 Å². The Morgan fingerprint density at radius 2 is 1.95 bits per heavy atom. The normalized spacial score (nSPS) is 24.1. The third kappa shape index (κ3) is 5.11. The first-order valence-corrected chi connectivity index (χ1v) is 7.81. The maximum atomic E-state index is 12.0. The molecule has 4 nitrogen and oxygen atoms in total. The van der Waals surface area contributed by atoms with E-state index in [1.165, 1.54) is 12.8 Å². The molecule has 0 spiro atoms. The monoisotopic (exact) mass is 268 g/mol. The van der Waals surface area contributed by atoms with E-state index in [2.05, 4.69) is 17.6 Å². The predicted molar refractivity (Wildman–Crippen MR) is 75.9 cm³/mol. The maximum Gasteiger partial charge on any atom is 0.220 e. The average Bonchev–Trinajstić information content (AvgIpc) is 2.47. The molecule has 1 unspecified atom stereocenters. The molecule has 0 aliphatic carbocycles. The maximum absolute atomic E-state index is 12.0. The van der Waals surface area contributed by atoms with Gasteiger partial charge in [0.1, 0.15) is 0 Å². The van der Waals surface area contributed by atoms with E-state index in [1.54, 1.807) is 0 Å². The highest BCUT2D eigenvalue weighted by molar-refractivity contribution is 5.76. The van der Waals surface area contributed by atoms with Gasteiger partial charge in [-0.3, -0.25) is 4.79 Å². The fraction of sp³-hybridized carbons (Fsp3) is 0.933. The number of carbonyl (C=O) groups excluding carboxylic acids is 1. The summed E-state index contributed by atoms with van der Waals surface area (Å²) in [6.07, 6.45) is 5.30. The highest BCUT2D eigenvalue weighted by Crippen LogP contribution is 2.24. The number of hydrogen-bond donors (Lipinski definition) is 2. The van der Waals surface area contributed by atoms with E-state index in [1.807, 2.05) is 0 Å². The summed E-state index contributed by atoms with van der Waals surface area (Å²) in [4.78, 5) is 12.0. The topological polar surface area (TPSA) is 50.4 Å². The molecule has 2 fully saturated rings. The number of rotatable bonds is 5. The van der Waals surface area contributed by atoms with Crippen molar-refractivity contribution in [1.29, 1.82) is 0 Å². The van der Waals surface area contributed by atoms with Gasteiger partial charge in [0.2, 0.25) is 5.91 Å². The van der Waals surface area contributed by atoms with Crippen LogP contribution < -0.4 is 10.6 Å². The minimum Gasteiger partial charge on any atom is -0.381 e. The molecule has 110 valence electrons. The number of amides is 1. The smallest absolute Gasteiger partial charge is 0.220 e. The van der Waals surface area contributed by atoms with Crippen molar-refractivity contribution >= 4 is 5.91 Å². The number of nitrogens with one attached hydrogen (secondary N) is 2. The van der Waals surface area contributed by atoms with Crippen LogP contribution in [0.25, 0.3) is 0 Å². The number of carbonyl (C=O) groups is 1. The zero-order valence-electron chi connectivity index (χ0n) is 12.1. The van der Waals surface area contributed by atoms with E-state index in [9.17, 15) is 4.79 Å². The first-order valence-electron chi connectivity index (χ1n) is 7.81. The van der Waals surface area contributed by atoms with Gasteiger partial charge in [0.15, 0.2) is 0 Å². The minimum absolute atomic E-state index is 0.234. The SMILES string of the molecule is CC(CC(=O)NCC1CCOCC1)C1CCNCC1. The molecular weight excluding hydrogens is 240 g/mol. The fourth-order valence-electron chi connectivity index (χ4n) is 3.15. The van der Waals surface area contributed by atoms with Crippen LogP contribution in [-0.4, -0.2) is 38.8 Å².